The Hall–Kier alpha value is -1.29. The van der Waals surface area contributed by atoms with Crippen LogP contribution in [0.2, 0.25) is 0 Å². The Labute approximate surface area is 76.6 Å². The van der Waals surface area contributed by atoms with Crippen molar-refractivity contribution in [1.29, 1.82) is 0 Å². The second-order valence-corrected chi connectivity index (χ2v) is 2.95. The van der Waals surface area contributed by atoms with Crippen molar-refractivity contribution >= 4 is 5.97 Å². The molecule has 0 saturated carbocycles. The summed E-state index contributed by atoms with van der Waals surface area (Å²) in [4.78, 5) is 10.4. The van der Waals surface area contributed by atoms with Gasteiger partial charge < -0.3 is 9.52 Å². The van der Waals surface area contributed by atoms with Crippen molar-refractivity contribution < 1.29 is 14.3 Å². The molecule has 0 aliphatic heterocycles. The fourth-order valence-electron chi connectivity index (χ4n) is 0.921. The molecule has 1 atom stereocenters. The summed E-state index contributed by atoms with van der Waals surface area (Å²) < 4.78 is 5.26. The van der Waals surface area contributed by atoms with Gasteiger partial charge in [0.25, 0.3) is 0 Å². The maximum Gasteiger partial charge on any atom is 0.320 e. The molecular weight excluding hydrogens is 170 g/mol. The molecule has 1 heterocycles. The smallest absolute Gasteiger partial charge is 0.320 e. The van der Waals surface area contributed by atoms with Crippen LogP contribution in [0.25, 0.3) is 0 Å². The highest BCUT2D eigenvalue weighted by molar-refractivity contribution is 5.72. The van der Waals surface area contributed by atoms with Gasteiger partial charge in [-0.25, -0.2) is 0 Å². The Morgan fingerprint density at radius 2 is 2.38 bits per heavy atom. The number of carboxylic acids is 1. The van der Waals surface area contributed by atoms with Gasteiger partial charge in [-0.05, 0) is 26.0 Å². The van der Waals surface area contributed by atoms with Gasteiger partial charge in [0.1, 0.15) is 17.6 Å². The van der Waals surface area contributed by atoms with Crippen LogP contribution in [0.1, 0.15) is 18.4 Å². The molecule has 0 aliphatic rings. The Morgan fingerprint density at radius 3 is 2.85 bits per heavy atom. The fraction of sp³-hybridized carbons (Fsp3) is 0.444. The Kier molecular flexibility index (Phi) is 3.08. The van der Waals surface area contributed by atoms with E-state index in [0.29, 0.717) is 6.54 Å². The second kappa shape index (κ2) is 4.09. The number of aryl methyl sites for hydroxylation is 1. The number of hydrogen-bond acceptors (Lipinski definition) is 3. The van der Waals surface area contributed by atoms with Crippen molar-refractivity contribution in [2.24, 2.45) is 0 Å². The average Bonchev–Trinajstić information content (AvgIpc) is 2.47. The maximum absolute atomic E-state index is 10.4. The molecule has 0 spiro atoms. The number of furan rings is 1. The molecule has 0 radical (unpaired) electrons. The molecule has 0 saturated heterocycles. The quantitative estimate of drug-likeness (QED) is 0.735. The van der Waals surface area contributed by atoms with Gasteiger partial charge in [0.2, 0.25) is 0 Å². The van der Waals surface area contributed by atoms with Gasteiger partial charge >= 0.3 is 5.97 Å². The maximum atomic E-state index is 10.4. The van der Waals surface area contributed by atoms with Crippen molar-refractivity contribution in [3.63, 3.8) is 0 Å². The van der Waals surface area contributed by atoms with Crippen molar-refractivity contribution in [2.75, 3.05) is 0 Å². The minimum absolute atomic E-state index is 0.446. The number of carbonyl (C=O) groups is 1. The lowest BCUT2D eigenvalue weighted by Crippen LogP contribution is -2.32. The molecule has 72 valence electrons. The molecule has 0 bridgehead atoms. The summed E-state index contributed by atoms with van der Waals surface area (Å²) in [6, 6.07) is 3.13. The van der Waals surface area contributed by atoms with Crippen molar-refractivity contribution in [1.82, 2.24) is 5.32 Å². The van der Waals surface area contributed by atoms with E-state index in [1.807, 2.05) is 19.1 Å². The minimum Gasteiger partial charge on any atom is -0.480 e. The van der Waals surface area contributed by atoms with Gasteiger partial charge in [-0.2, -0.15) is 0 Å². The van der Waals surface area contributed by atoms with E-state index in [9.17, 15) is 4.79 Å². The summed E-state index contributed by atoms with van der Waals surface area (Å²) in [5.41, 5.74) is 0. The molecular formula is C9H13NO3. The van der Waals surface area contributed by atoms with E-state index in [1.165, 1.54) is 0 Å². The fourth-order valence-corrected chi connectivity index (χ4v) is 0.921. The summed E-state index contributed by atoms with van der Waals surface area (Å²) in [5.74, 6) is 0.730. The second-order valence-electron chi connectivity index (χ2n) is 2.95. The average molecular weight is 183 g/mol. The lowest BCUT2D eigenvalue weighted by Gasteiger charge is -2.06. The van der Waals surface area contributed by atoms with E-state index in [2.05, 4.69) is 5.32 Å². The van der Waals surface area contributed by atoms with Crippen LogP contribution in [0, 0.1) is 6.92 Å². The van der Waals surface area contributed by atoms with Crippen LogP contribution in [0.3, 0.4) is 0 Å². The summed E-state index contributed by atoms with van der Waals surface area (Å²) in [5, 5.41) is 11.4. The normalized spacial score (nSPS) is 12.8. The zero-order valence-electron chi connectivity index (χ0n) is 7.70. The first-order valence-corrected chi connectivity index (χ1v) is 4.11. The molecule has 1 aromatic heterocycles. The number of rotatable bonds is 4. The van der Waals surface area contributed by atoms with Gasteiger partial charge in [-0.3, -0.25) is 10.1 Å². The van der Waals surface area contributed by atoms with Crippen LogP contribution >= 0.6 is 0 Å². The third-order valence-electron chi connectivity index (χ3n) is 1.75. The predicted octanol–water partition coefficient (Wildman–Crippen LogP) is 1.15. The molecule has 1 aromatic rings. The first-order chi connectivity index (χ1) is 6.09. The third kappa shape index (κ3) is 2.91. The van der Waals surface area contributed by atoms with Crippen LogP contribution in [-0.2, 0) is 11.3 Å². The molecule has 0 aromatic carbocycles. The van der Waals surface area contributed by atoms with Crippen LogP contribution in [-0.4, -0.2) is 17.1 Å². The lowest BCUT2D eigenvalue weighted by atomic mass is 10.3. The van der Waals surface area contributed by atoms with E-state index in [0.717, 1.165) is 11.5 Å². The van der Waals surface area contributed by atoms with Crippen LogP contribution in [0.5, 0.6) is 0 Å². The Bertz CT molecular complexity index is 293. The SMILES string of the molecule is Cc1ccc(CNC(C)C(=O)O)o1. The van der Waals surface area contributed by atoms with Crippen LogP contribution in [0.15, 0.2) is 16.5 Å². The van der Waals surface area contributed by atoms with Crippen molar-refractivity contribution in [3.8, 4) is 0 Å². The molecule has 4 heteroatoms. The standard InChI is InChI=1S/C9H13NO3/c1-6-3-4-8(13-6)5-10-7(2)9(11)12/h3-4,7,10H,5H2,1-2H3,(H,11,12). The zero-order valence-corrected chi connectivity index (χ0v) is 7.70. The molecule has 1 rings (SSSR count). The first-order valence-electron chi connectivity index (χ1n) is 4.11. The van der Waals surface area contributed by atoms with E-state index < -0.39 is 12.0 Å². The van der Waals surface area contributed by atoms with Gasteiger partial charge in [0.15, 0.2) is 0 Å². The van der Waals surface area contributed by atoms with Gasteiger partial charge in [0, 0.05) is 0 Å². The van der Waals surface area contributed by atoms with E-state index in [1.54, 1.807) is 6.92 Å². The summed E-state index contributed by atoms with van der Waals surface area (Å²) >= 11 is 0. The summed E-state index contributed by atoms with van der Waals surface area (Å²) in [7, 11) is 0. The minimum atomic E-state index is -0.858. The molecule has 0 fully saturated rings. The number of hydrogen-bond donors (Lipinski definition) is 2. The van der Waals surface area contributed by atoms with Crippen molar-refractivity contribution in [3.05, 3.63) is 23.7 Å². The number of carboxylic acid groups (broad SMARTS) is 1. The Balaban J connectivity index is 2.39. The topological polar surface area (TPSA) is 62.5 Å². The predicted molar refractivity (Wildman–Crippen MR) is 47.4 cm³/mol. The first kappa shape index (κ1) is 9.80. The third-order valence-corrected chi connectivity index (χ3v) is 1.75. The van der Waals surface area contributed by atoms with E-state index in [4.69, 9.17) is 9.52 Å². The number of aliphatic carboxylic acids is 1. The highest BCUT2D eigenvalue weighted by atomic mass is 16.4. The molecule has 0 aliphatic carbocycles. The van der Waals surface area contributed by atoms with Gasteiger partial charge in [-0.15, -0.1) is 0 Å². The van der Waals surface area contributed by atoms with E-state index in [-0.39, 0.29) is 0 Å². The van der Waals surface area contributed by atoms with Crippen LogP contribution in [0.4, 0.5) is 0 Å². The molecule has 1 unspecified atom stereocenters. The van der Waals surface area contributed by atoms with Crippen molar-refractivity contribution in [2.45, 2.75) is 26.4 Å². The molecule has 4 nitrogen and oxygen atoms in total. The molecule has 13 heavy (non-hydrogen) atoms. The largest absolute Gasteiger partial charge is 0.480 e. The monoisotopic (exact) mass is 183 g/mol. The van der Waals surface area contributed by atoms with E-state index >= 15 is 0 Å². The summed E-state index contributed by atoms with van der Waals surface area (Å²) in [6.07, 6.45) is 0. The van der Waals surface area contributed by atoms with Gasteiger partial charge in [0.05, 0.1) is 6.54 Å². The zero-order chi connectivity index (χ0) is 9.84. The summed E-state index contributed by atoms with van der Waals surface area (Å²) in [6.45, 7) is 3.89. The molecule has 0 amide bonds. The Morgan fingerprint density at radius 1 is 1.69 bits per heavy atom. The lowest BCUT2D eigenvalue weighted by molar-refractivity contribution is -0.139. The molecule has 2 N–H and O–H groups in total. The van der Waals surface area contributed by atoms with Crippen LogP contribution < -0.4 is 5.32 Å². The highest BCUT2D eigenvalue weighted by Crippen LogP contribution is 2.05. The number of nitrogens with one attached hydrogen (secondary N) is 1. The van der Waals surface area contributed by atoms with Gasteiger partial charge in [-0.1, -0.05) is 0 Å². The highest BCUT2D eigenvalue weighted by Gasteiger charge is 2.09.